The van der Waals surface area contributed by atoms with Crippen molar-refractivity contribution >= 4 is 40.4 Å². The SMILES string of the molecule is Cc1ccc([Si]2(c3ccc(C)cc3)c3ccccc3-c3c(-c4ccc(Cl)cc4)cccc32)cc1. The minimum Gasteiger partial charge on any atom is -0.0843 e. The first kappa shape index (κ1) is 21.2. The summed E-state index contributed by atoms with van der Waals surface area (Å²) in [5.41, 5.74) is 7.78. The van der Waals surface area contributed by atoms with Crippen LogP contribution >= 0.6 is 11.6 Å². The van der Waals surface area contributed by atoms with Crippen LogP contribution in [0.2, 0.25) is 5.02 Å². The molecule has 0 saturated heterocycles. The van der Waals surface area contributed by atoms with Crippen molar-refractivity contribution in [2.45, 2.75) is 13.8 Å². The molecular formula is C32H25ClSi. The third-order valence-electron chi connectivity index (χ3n) is 7.19. The fourth-order valence-corrected chi connectivity index (χ4v) is 10.9. The second kappa shape index (κ2) is 8.13. The second-order valence-electron chi connectivity index (χ2n) is 9.26. The van der Waals surface area contributed by atoms with Gasteiger partial charge in [0, 0.05) is 5.02 Å². The van der Waals surface area contributed by atoms with Crippen molar-refractivity contribution < 1.29 is 0 Å². The van der Waals surface area contributed by atoms with Gasteiger partial charge in [-0.1, -0.05) is 126 Å². The molecule has 164 valence electrons. The molecule has 1 heterocycles. The van der Waals surface area contributed by atoms with Gasteiger partial charge < -0.3 is 0 Å². The lowest BCUT2D eigenvalue weighted by Crippen LogP contribution is -2.72. The monoisotopic (exact) mass is 472 g/mol. The molecule has 0 amide bonds. The number of hydrogen-bond donors (Lipinski definition) is 0. The third-order valence-corrected chi connectivity index (χ3v) is 12.3. The predicted octanol–water partition coefficient (Wildman–Crippen LogP) is 5.98. The van der Waals surface area contributed by atoms with Crippen LogP contribution in [0.15, 0.2) is 115 Å². The summed E-state index contributed by atoms with van der Waals surface area (Å²) in [5, 5.41) is 6.57. The van der Waals surface area contributed by atoms with Gasteiger partial charge in [0.15, 0.2) is 8.07 Å². The number of aryl methyl sites for hydroxylation is 2. The molecule has 5 aromatic rings. The van der Waals surface area contributed by atoms with E-state index >= 15 is 0 Å². The quantitative estimate of drug-likeness (QED) is 0.278. The molecule has 0 saturated carbocycles. The van der Waals surface area contributed by atoms with Gasteiger partial charge in [-0.25, -0.2) is 0 Å². The molecule has 0 N–H and O–H groups in total. The van der Waals surface area contributed by atoms with Crippen LogP contribution in [0, 0.1) is 13.8 Å². The highest BCUT2D eigenvalue weighted by Gasteiger charge is 2.49. The van der Waals surface area contributed by atoms with E-state index < -0.39 is 8.07 Å². The number of fused-ring (bicyclic) bond motifs is 3. The number of benzene rings is 5. The van der Waals surface area contributed by atoms with Gasteiger partial charge in [-0.3, -0.25) is 0 Å². The molecule has 0 aliphatic carbocycles. The molecule has 0 bridgehead atoms. The van der Waals surface area contributed by atoms with Crippen LogP contribution in [0.4, 0.5) is 0 Å². The molecule has 6 rings (SSSR count). The van der Waals surface area contributed by atoms with Crippen LogP contribution in [-0.4, -0.2) is 8.07 Å². The Kier molecular flexibility index (Phi) is 5.06. The number of rotatable bonds is 3. The van der Waals surface area contributed by atoms with Crippen molar-refractivity contribution in [3.63, 3.8) is 0 Å². The zero-order valence-electron chi connectivity index (χ0n) is 19.3. The summed E-state index contributed by atoms with van der Waals surface area (Å²) in [6.45, 7) is 4.33. The number of halogens is 1. The first-order valence-electron chi connectivity index (χ1n) is 11.7. The lowest BCUT2D eigenvalue weighted by atomic mass is 9.95. The van der Waals surface area contributed by atoms with Gasteiger partial charge in [0.05, 0.1) is 0 Å². The Labute approximate surface area is 207 Å². The van der Waals surface area contributed by atoms with Crippen LogP contribution in [0.3, 0.4) is 0 Å². The van der Waals surface area contributed by atoms with E-state index in [0.29, 0.717) is 0 Å². The third kappa shape index (κ3) is 3.12. The smallest absolute Gasteiger partial charge is 0.0843 e. The van der Waals surface area contributed by atoms with Crippen molar-refractivity contribution in [3.8, 4) is 22.3 Å². The average molecular weight is 473 g/mol. The molecule has 34 heavy (non-hydrogen) atoms. The molecule has 2 heteroatoms. The van der Waals surface area contributed by atoms with E-state index in [-0.39, 0.29) is 0 Å². The molecule has 0 aromatic heterocycles. The largest absolute Gasteiger partial charge is 0.180 e. The first-order valence-corrected chi connectivity index (χ1v) is 14.1. The molecule has 0 spiro atoms. The molecule has 0 unspecified atom stereocenters. The summed E-state index contributed by atoms with van der Waals surface area (Å²) in [6, 6.07) is 42.7. The highest BCUT2D eigenvalue weighted by atomic mass is 35.5. The van der Waals surface area contributed by atoms with Gasteiger partial charge in [-0.05, 0) is 69.0 Å². The maximum atomic E-state index is 6.24. The minimum absolute atomic E-state index is 0.764. The fourth-order valence-electron chi connectivity index (χ4n) is 5.59. The van der Waals surface area contributed by atoms with E-state index in [1.54, 1.807) is 0 Å². The van der Waals surface area contributed by atoms with Crippen LogP contribution in [0.5, 0.6) is 0 Å². The first-order chi connectivity index (χ1) is 16.6. The Morgan fingerprint density at radius 1 is 0.500 bits per heavy atom. The molecule has 0 nitrogen and oxygen atoms in total. The Balaban J connectivity index is 1.75. The topological polar surface area (TPSA) is 0 Å². The van der Waals surface area contributed by atoms with Crippen LogP contribution < -0.4 is 20.7 Å². The van der Waals surface area contributed by atoms with Gasteiger partial charge in [0.1, 0.15) is 0 Å². The van der Waals surface area contributed by atoms with E-state index in [2.05, 4.69) is 117 Å². The summed E-state index contributed by atoms with van der Waals surface area (Å²) in [6.07, 6.45) is 0. The zero-order valence-corrected chi connectivity index (χ0v) is 21.1. The molecule has 5 aromatic carbocycles. The zero-order chi connectivity index (χ0) is 23.3. The average Bonchev–Trinajstić information content (AvgIpc) is 3.17. The van der Waals surface area contributed by atoms with E-state index in [1.807, 2.05) is 12.1 Å². The lowest BCUT2D eigenvalue weighted by Gasteiger charge is -2.31. The summed E-state index contributed by atoms with van der Waals surface area (Å²) in [4.78, 5) is 0. The lowest BCUT2D eigenvalue weighted by molar-refractivity contribution is 1.48. The van der Waals surface area contributed by atoms with Gasteiger partial charge >= 0.3 is 0 Å². The Morgan fingerprint density at radius 3 is 1.65 bits per heavy atom. The van der Waals surface area contributed by atoms with Gasteiger partial charge in [0.2, 0.25) is 0 Å². The maximum absolute atomic E-state index is 6.24. The summed E-state index contributed by atoms with van der Waals surface area (Å²) in [7, 11) is -2.47. The van der Waals surface area contributed by atoms with Crippen LogP contribution in [-0.2, 0) is 0 Å². The molecule has 0 radical (unpaired) electrons. The summed E-state index contributed by atoms with van der Waals surface area (Å²) in [5.74, 6) is 0. The standard InChI is InChI=1S/C32H25ClSi/c1-22-10-18-26(19-11-22)34(27-20-12-23(2)13-21-27)30-8-4-3-6-29(30)32-28(7-5-9-31(32)34)24-14-16-25(33)17-15-24/h3-21H,1-2H3. The van der Waals surface area contributed by atoms with E-state index in [4.69, 9.17) is 11.6 Å². The van der Waals surface area contributed by atoms with Crippen molar-refractivity contribution in [2.24, 2.45) is 0 Å². The van der Waals surface area contributed by atoms with Crippen molar-refractivity contribution in [2.75, 3.05) is 0 Å². The maximum Gasteiger partial charge on any atom is 0.180 e. The van der Waals surface area contributed by atoms with Crippen LogP contribution in [0.25, 0.3) is 22.3 Å². The van der Waals surface area contributed by atoms with Crippen LogP contribution in [0.1, 0.15) is 11.1 Å². The minimum atomic E-state index is -2.47. The highest BCUT2D eigenvalue weighted by molar-refractivity contribution is 7.22. The van der Waals surface area contributed by atoms with Crippen molar-refractivity contribution in [3.05, 3.63) is 131 Å². The molecule has 1 aliphatic heterocycles. The Morgan fingerprint density at radius 2 is 1.03 bits per heavy atom. The molecule has 0 atom stereocenters. The van der Waals surface area contributed by atoms with Gasteiger partial charge in [0.25, 0.3) is 0 Å². The fraction of sp³-hybridized carbons (Fsp3) is 0.0625. The second-order valence-corrected chi connectivity index (χ2v) is 13.4. The van der Waals surface area contributed by atoms with Gasteiger partial charge in [-0.15, -0.1) is 0 Å². The Hall–Kier alpha value is -3.39. The Bertz CT molecular complexity index is 1450. The molecular weight excluding hydrogens is 448 g/mol. The van der Waals surface area contributed by atoms with E-state index in [1.165, 1.54) is 54.1 Å². The highest BCUT2D eigenvalue weighted by Crippen LogP contribution is 2.36. The van der Waals surface area contributed by atoms with E-state index in [0.717, 1.165) is 5.02 Å². The van der Waals surface area contributed by atoms with E-state index in [9.17, 15) is 0 Å². The van der Waals surface area contributed by atoms with Crippen molar-refractivity contribution in [1.29, 1.82) is 0 Å². The predicted molar refractivity (Wildman–Crippen MR) is 149 cm³/mol. The molecule has 0 fully saturated rings. The normalized spacial score (nSPS) is 13.4. The van der Waals surface area contributed by atoms with Crippen molar-refractivity contribution in [1.82, 2.24) is 0 Å². The molecule has 1 aliphatic rings. The van der Waals surface area contributed by atoms with Gasteiger partial charge in [-0.2, -0.15) is 0 Å². The summed E-state index contributed by atoms with van der Waals surface area (Å²) < 4.78 is 0. The summed E-state index contributed by atoms with van der Waals surface area (Å²) >= 11 is 6.24. The number of hydrogen-bond acceptors (Lipinski definition) is 0.